The van der Waals surface area contributed by atoms with E-state index in [0.29, 0.717) is 3.63 Å². The number of aromatic nitrogens is 1. The molecular formula is C39H42Cl2NSiZr. The Labute approximate surface area is 292 Å². The van der Waals surface area contributed by atoms with Crippen LogP contribution in [0.3, 0.4) is 0 Å². The molecule has 2 unspecified atom stereocenters. The quantitative estimate of drug-likeness (QED) is 0.267. The van der Waals surface area contributed by atoms with Crippen LogP contribution in [0.5, 0.6) is 0 Å². The molecule has 2 bridgehead atoms. The molecule has 0 radical (unpaired) electrons. The minimum atomic E-state index is -1.19. The number of para-hydroxylation sites is 1. The molecule has 1 nitrogen and oxygen atoms in total. The monoisotopic (exact) mass is 712 g/mol. The third-order valence-corrected chi connectivity index (χ3v) is 16.5. The van der Waals surface area contributed by atoms with Crippen molar-refractivity contribution in [3.05, 3.63) is 124 Å². The van der Waals surface area contributed by atoms with Gasteiger partial charge in [-0.25, -0.2) is 0 Å². The Kier molecular flexibility index (Phi) is 9.94. The molecule has 0 saturated heterocycles. The Balaban J connectivity index is 0.000000169. The summed E-state index contributed by atoms with van der Waals surface area (Å²) in [6.07, 6.45) is 9.40. The average molecular weight is 715 g/mol. The van der Waals surface area contributed by atoms with Gasteiger partial charge in [0.2, 0.25) is 0 Å². The number of aryl methyl sites for hydroxylation is 1. The van der Waals surface area contributed by atoms with Gasteiger partial charge in [0.1, 0.15) is 0 Å². The van der Waals surface area contributed by atoms with Gasteiger partial charge >= 0.3 is 155 Å². The topological polar surface area (TPSA) is 4.93 Å². The summed E-state index contributed by atoms with van der Waals surface area (Å²) in [5, 5.41) is 1.73. The summed E-state index contributed by atoms with van der Waals surface area (Å²) in [6.45, 7) is 11.9. The van der Waals surface area contributed by atoms with Gasteiger partial charge in [0.05, 0.1) is 8.07 Å². The van der Waals surface area contributed by atoms with E-state index in [9.17, 15) is 0 Å². The van der Waals surface area contributed by atoms with Crippen molar-refractivity contribution in [2.75, 3.05) is 0 Å². The van der Waals surface area contributed by atoms with Crippen molar-refractivity contribution in [1.29, 1.82) is 0 Å². The molecule has 0 spiro atoms. The predicted octanol–water partition coefficient (Wildman–Crippen LogP) is 4.87. The van der Waals surface area contributed by atoms with Gasteiger partial charge < -0.3 is 29.4 Å². The van der Waals surface area contributed by atoms with Crippen molar-refractivity contribution in [3.63, 3.8) is 0 Å². The molecule has 4 aromatic rings. The normalized spacial score (nSPS) is 20.8. The number of hydrogen-bond donors (Lipinski definition) is 0. The van der Waals surface area contributed by atoms with E-state index >= 15 is 0 Å². The summed E-state index contributed by atoms with van der Waals surface area (Å²) in [5.41, 5.74) is 17.0. The number of hydrogen-bond acceptors (Lipinski definition) is 0. The second-order valence-corrected chi connectivity index (χ2v) is 19.5. The Morgan fingerprint density at radius 2 is 1.45 bits per heavy atom. The first-order chi connectivity index (χ1) is 20.3. The van der Waals surface area contributed by atoms with E-state index in [1.165, 1.54) is 71.3 Å². The number of benzene rings is 3. The maximum absolute atomic E-state index is 2.52. The van der Waals surface area contributed by atoms with Crippen LogP contribution in [0.1, 0.15) is 94.7 Å². The summed E-state index contributed by atoms with van der Waals surface area (Å²) >= 11 is 1.60. The van der Waals surface area contributed by atoms with Crippen molar-refractivity contribution >= 4 is 19.3 Å². The van der Waals surface area contributed by atoms with Gasteiger partial charge in [-0.15, -0.1) is 0 Å². The van der Waals surface area contributed by atoms with Gasteiger partial charge in [0.25, 0.3) is 0 Å². The van der Waals surface area contributed by atoms with Crippen molar-refractivity contribution in [1.82, 2.24) is 4.57 Å². The number of halogens is 2. The maximum Gasteiger partial charge on any atom is -1.00 e. The Hall–Kier alpha value is -1.90. The molecule has 44 heavy (non-hydrogen) atoms. The zero-order valence-electron chi connectivity index (χ0n) is 26.6. The smallest absolute Gasteiger partial charge is 1.00 e. The summed E-state index contributed by atoms with van der Waals surface area (Å²) in [7, 11) is -1.19. The number of allylic oxidation sites excluding steroid dienone is 2. The van der Waals surface area contributed by atoms with Crippen LogP contribution in [0.15, 0.2) is 90.0 Å². The first-order valence-corrected chi connectivity index (χ1v) is 20.4. The fourth-order valence-electron chi connectivity index (χ4n) is 8.60. The SMILES string of the molecule is CC1=C2c3cc(C)n(-c4ccccc4)c3C1[Si]2(C)C.CC1=Cc2c(-c3ccc(C4CCCCC4)cc3)cccc2[CH]1[Zr+2].[Cl-].[Cl-]. The van der Waals surface area contributed by atoms with Crippen LogP contribution >= 0.6 is 0 Å². The predicted molar refractivity (Wildman–Crippen MR) is 177 cm³/mol. The second kappa shape index (κ2) is 13.1. The molecule has 225 valence electrons. The molecule has 1 saturated carbocycles. The van der Waals surface area contributed by atoms with Crippen LogP contribution in [0.4, 0.5) is 0 Å². The van der Waals surface area contributed by atoms with Crippen molar-refractivity contribution < 1.29 is 49.5 Å². The molecule has 9 rings (SSSR count). The van der Waals surface area contributed by atoms with E-state index in [0.717, 1.165) is 11.5 Å². The van der Waals surface area contributed by atoms with Crippen LogP contribution in [0.2, 0.25) is 13.1 Å². The fraction of sp³-hybridized carbons (Fsp3) is 0.333. The minimum absolute atomic E-state index is 0. The summed E-state index contributed by atoms with van der Waals surface area (Å²) < 4.78 is 3.14. The standard InChI is InChI=1S/C22H23.C17H19NSi.2ClH.Zr/c1-16-14-20-8-5-9-21(22(20)15-16)19-12-10-18(11-13-19)17-6-3-2-4-7-17;1-11-10-14-15(17-12(2)16(14)19(17,3)4)18(11)13-8-6-5-7-9-13;;;/h5,8-15,17H,2-4,6-7H2,1H3;5-10,17H,1-4H3;2*1H;/q;;;;+2/p-2. The summed E-state index contributed by atoms with van der Waals surface area (Å²) in [4.78, 5) is 0. The van der Waals surface area contributed by atoms with Crippen LogP contribution in [-0.4, -0.2) is 12.6 Å². The number of fused-ring (bicyclic) bond motifs is 1. The largest absolute Gasteiger partial charge is 1.00 e. The van der Waals surface area contributed by atoms with Crippen molar-refractivity contribution in [3.8, 4) is 16.8 Å². The van der Waals surface area contributed by atoms with E-state index in [1.54, 1.807) is 52.3 Å². The zero-order valence-corrected chi connectivity index (χ0v) is 31.5. The molecule has 5 heteroatoms. The van der Waals surface area contributed by atoms with Gasteiger partial charge in [0.15, 0.2) is 0 Å². The van der Waals surface area contributed by atoms with Gasteiger partial charge in [0, 0.05) is 22.6 Å². The van der Waals surface area contributed by atoms with E-state index in [1.807, 2.05) is 0 Å². The molecule has 5 aliphatic rings. The molecule has 3 aromatic carbocycles. The van der Waals surface area contributed by atoms with E-state index in [4.69, 9.17) is 0 Å². The van der Waals surface area contributed by atoms with Crippen LogP contribution in [0, 0.1) is 6.92 Å². The summed E-state index contributed by atoms with van der Waals surface area (Å²) in [6, 6.07) is 29.5. The molecule has 3 aliphatic carbocycles. The Morgan fingerprint density at radius 3 is 2.11 bits per heavy atom. The van der Waals surface area contributed by atoms with Crippen LogP contribution < -0.4 is 24.8 Å². The van der Waals surface area contributed by atoms with Gasteiger partial charge in [-0.05, 0) is 37.6 Å². The van der Waals surface area contributed by atoms with Crippen molar-refractivity contribution in [2.24, 2.45) is 0 Å². The molecule has 1 fully saturated rings. The Bertz CT molecular complexity index is 1730. The molecule has 1 aromatic heterocycles. The molecule has 0 N–H and O–H groups in total. The second-order valence-electron chi connectivity index (χ2n) is 13.6. The van der Waals surface area contributed by atoms with E-state index in [2.05, 4.69) is 123 Å². The molecule has 0 amide bonds. The van der Waals surface area contributed by atoms with E-state index in [-0.39, 0.29) is 24.8 Å². The van der Waals surface area contributed by atoms with Gasteiger partial charge in [-0.3, -0.25) is 0 Å². The average Bonchev–Trinajstić information content (AvgIpc) is 3.66. The van der Waals surface area contributed by atoms with Gasteiger partial charge in [-0.1, -0.05) is 42.1 Å². The maximum atomic E-state index is 2.52. The van der Waals surface area contributed by atoms with Crippen LogP contribution in [0.25, 0.3) is 28.1 Å². The third-order valence-electron chi connectivity index (χ3n) is 10.5. The van der Waals surface area contributed by atoms with Crippen LogP contribution in [-0.2, 0) is 24.7 Å². The summed E-state index contributed by atoms with van der Waals surface area (Å²) in [5.74, 6) is 0.797. The third kappa shape index (κ3) is 5.45. The minimum Gasteiger partial charge on any atom is -1.00 e. The molecule has 2 atom stereocenters. The van der Waals surface area contributed by atoms with E-state index < -0.39 is 8.07 Å². The molecular weight excluding hydrogens is 673 g/mol. The number of rotatable bonds is 3. The number of nitrogens with zero attached hydrogens (tertiary/aromatic N) is 1. The molecule has 2 aliphatic heterocycles. The van der Waals surface area contributed by atoms with Gasteiger partial charge in [-0.2, -0.15) is 0 Å². The zero-order chi connectivity index (χ0) is 29.2. The fourth-order valence-corrected chi connectivity index (χ4v) is 13.7. The first-order valence-electron chi connectivity index (χ1n) is 15.9. The molecule has 3 heterocycles. The Morgan fingerprint density at radius 1 is 0.773 bits per heavy atom. The first kappa shape index (κ1) is 33.5. The van der Waals surface area contributed by atoms with Crippen molar-refractivity contribution in [2.45, 2.75) is 81.1 Å².